The van der Waals surface area contributed by atoms with E-state index in [1.165, 1.54) is 16.9 Å². The van der Waals surface area contributed by atoms with Gasteiger partial charge >= 0.3 is 0 Å². The van der Waals surface area contributed by atoms with Crippen molar-refractivity contribution in [2.75, 3.05) is 0 Å². The zero-order chi connectivity index (χ0) is 11.7. The normalized spacial score (nSPS) is 10.4. The second-order valence-corrected chi connectivity index (χ2v) is 4.67. The van der Waals surface area contributed by atoms with Crippen LogP contribution in [0.1, 0.15) is 20.9 Å². The zero-order valence-electron chi connectivity index (χ0n) is 9.15. The summed E-state index contributed by atoms with van der Waals surface area (Å²) in [6.45, 7) is 3.83. The molecule has 4 heteroatoms. The molecule has 2 aromatic rings. The lowest BCUT2D eigenvalue weighted by Gasteiger charge is -1.96. The van der Waals surface area contributed by atoms with E-state index in [9.17, 15) is 4.79 Å². The number of nitrogens with two attached hydrogens (primary N) is 1. The van der Waals surface area contributed by atoms with Crippen LogP contribution in [0.5, 0.6) is 0 Å². The van der Waals surface area contributed by atoms with Crippen LogP contribution < -0.4 is 5.73 Å². The first-order valence-electron chi connectivity index (χ1n) is 4.92. The fourth-order valence-electron chi connectivity index (χ4n) is 1.53. The third-order valence-electron chi connectivity index (χ3n) is 2.29. The van der Waals surface area contributed by atoms with E-state index in [1.54, 1.807) is 6.92 Å². The molecule has 0 fully saturated rings. The number of thiazole rings is 1. The first-order chi connectivity index (χ1) is 7.58. The molecule has 0 aliphatic carbocycles. The lowest BCUT2D eigenvalue weighted by molar-refractivity contribution is 0.100. The van der Waals surface area contributed by atoms with Crippen LogP contribution in [0.15, 0.2) is 24.3 Å². The Hall–Kier alpha value is -1.68. The van der Waals surface area contributed by atoms with Gasteiger partial charge in [0.15, 0.2) is 0 Å². The van der Waals surface area contributed by atoms with E-state index < -0.39 is 5.91 Å². The van der Waals surface area contributed by atoms with Crippen molar-refractivity contribution in [2.24, 2.45) is 5.73 Å². The third kappa shape index (κ3) is 1.97. The maximum absolute atomic E-state index is 11.1. The van der Waals surface area contributed by atoms with E-state index in [0.717, 1.165) is 10.6 Å². The van der Waals surface area contributed by atoms with Gasteiger partial charge in [0.25, 0.3) is 5.91 Å². The van der Waals surface area contributed by atoms with Crippen molar-refractivity contribution in [3.8, 4) is 10.6 Å². The molecule has 0 radical (unpaired) electrons. The number of rotatable bonds is 2. The van der Waals surface area contributed by atoms with Crippen molar-refractivity contribution < 1.29 is 4.79 Å². The molecule has 0 aliphatic heterocycles. The minimum absolute atomic E-state index is 0.408. The lowest BCUT2D eigenvalue weighted by atomic mass is 10.1. The number of aromatic nitrogens is 1. The van der Waals surface area contributed by atoms with E-state index in [-0.39, 0.29) is 0 Å². The van der Waals surface area contributed by atoms with E-state index >= 15 is 0 Å². The summed E-state index contributed by atoms with van der Waals surface area (Å²) >= 11 is 1.34. The summed E-state index contributed by atoms with van der Waals surface area (Å²) < 4.78 is 0. The minimum atomic E-state index is -0.408. The van der Waals surface area contributed by atoms with Crippen molar-refractivity contribution in [2.45, 2.75) is 13.8 Å². The quantitative estimate of drug-likeness (QED) is 0.865. The van der Waals surface area contributed by atoms with Gasteiger partial charge in [0.1, 0.15) is 9.88 Å². The SMILES string of the molecule is Cc1cccc(-c2nc(C)c(C(N)=O)s2)c1. The van der Waals surface area contributed by atoms with Gasteiger partial charge in [-0.25, -0.2) is 4.98 Å². The van der Waals surface area contributed by atoms with Gasteiger partial charge in [-0.2, -0.15) is 0 Å². The van der Waals surface area contributed by atoms with Crippen molar-refractivity contribution >= 4 is 17.2 Å². The summed E-state index contributed by atoms with van der Waals surface area (Å²) in [4.78, 5) is 16.0. The van der Waals surface area contributed by atoms with E-state index in [0.29, 0.717) is 10.6 Å². The molecule has 1 aromatic carbocycles. The number of primary amides is 1. The maximum Gasteiger partial charge on any atom is 0.260 e. The number of hydrogen-bond acceptors (Lipinski definition) is 3. The van der Waals surface area contributed by atoms with Gasteiger partial charge < -0.3 is 5.73 Å². The van der Waals surface area contributed by atoms with Gasteiger partial charge in [0, 0.05) is 5.56 Å². The number of benzene rings is 1. The molecule has 1 heterocycles. The molecule has 0 bridgehead atoms. The van der Waals surface area contributed by atoms with Crippen LogP contribution in [0.3, 0.4) is 0 Å². The van der Waals surface area contributed by atoms with Crippen molar-refractivity contribution in [1.82, 2.24) is 4.98 Å². The highest BCUT2D eigenvalue weighted by Gasteiger charge is 2.13. The number of amides is 1. The van der Waals surface area contributed by atoms with Gasteiger partial charge in [0.05, 0.1) is 5.69 Å². The second-order valence-electron chi connectivity index (χ2n) is 3.67. The molecule has 1 amide bonds. The molecular formula is C12H12N2OS. The monoisotopic (exact) mass is 232 g/mol. The van der Waals surface area contributed by atoms with Crippen LogP contribution in [0, 0.1) is 13.8 Å². The molecular weight excluding hydrogens is 220 g/mol. The molecule has 2 N–H and O–H groups in total. The Bertz CT molecular complexity index is 546. The van der Waals surface area contributed by atoms with Gasteiger partial charge in [-0.05, 0) is 19.9 Å². The van der Waals surface area contributed by atoms with Gasteiger partial charge in [0.2, 0.25) is 0 Å². The number of carbonyl (C=O) groups is 1. The molecule has 0 atom stereocenters. The van der Waals surface area contributed by atoms with Crippen LogP contribution in [0.25, 0.3) is 10.6 Å². The highest BCUT2D eigenvalue weighted by molar-refractivity contribution is 7.17. The summed E-state index contributed by atoms with van der Waals surface area (Å²) in [5.41, 5.74) is 8.17. The Morgan fingerprint density at radius 2 is 2.12 bits per heavy atom. The summed E-state index contributed by atoms with van der Waals surface area (Å²) in [6.07, 6.45) is 0. The fraction of sp³-hybridized carbons (Fsp3) is 0.167. The first-order valence-corrected chi connectivity index (χ1v) is 5.74. The summed E-state index contributed by atoms with van der Waals surface area (Å²) in [6, 6.07) is 8.03. The second kappa shape index (κ2) is 4.06. The largest absolute Gasteiger partial charge is 0.365 e. The van der Waals surface area contributed by atoms with Crippen molar-refractivity contribution in [3.05, 3.63) is 40.4 Å². The number of hydrogen-bond donors (Lipinski definition) is 1. The van der Waals surface area contributed by atoms with Crippen LogP contribution in [0.2, 0.25) is 0 Å². The van der Waals surface area contributed by atoms with Crippen LogP contribution in [-0.2, 0) is 0 Å². The average molecular weight is 232 g/mol. The van der Waals surface area contributed by atoms with Gasteiger partial charge in [-0.1, -0.05) is 23.8 Å². The minimum Gasteiger partial charge on any atom is -0.365 e. The molecule has 0 unspecified atom stereocenters. The van der Waals surface area contributed by atoms with Crippen LogP contribution >= 0.6 is 11.3 Å². The Balaban J connectivity index is 2.49. The Kier molecular flexibility index (Phi) is 2.75. The Morgan fingerprint density at radius 3 is 2.69 bits per heavy atom. The topological polar surface area (TPSA) is 56.0 Å². The number of carbonyl (C=O) groups excluding carboxylic acids is 1. The zero-order valence-corrected chi connectivity index (χ0v) is 9.97. The van der Waals surface area contributed by atoms with Crippen molar-refractivity contribution in [1.29, 1.82) is 0 Å². The summed E-state index contributed by atoms with van der Waals surface area (Å²) in [5.74, 6) is -0.408. The number of nitrogens with zero attached hydrogens (tertiary/aromatic N) is 1. The Labute approximate surface area is 97.9 Å². The molecule has 0 saturated carbocycles. The maximum atomic E-state index is 11.1. The lowest BCUT2D eigenvalue weighted by Crippen LogP contribution is -2.09. The molecule has 1 aromatic heterocycles. The third-order valence-corrected chi connectivity index (χ3v) is 3.51. The molecule has 3 nitrogen and oxygen atoms in total. The summed E-state index contributed by atoms with van der Waals surface area (Å²) in [7, 11) is 0. The van der Waals surface area contributed by atoms with Crippen LogP contribution in [-0.4, -0.2) is 10.9 Å². The number of aryl methyl sites for hydroxylation is 2. The molecule has 0 saturated heterocycles. The van der Waals surface area contributed by atoms with Gasteiger partial charge in [-0.3, -0.25) is 4.79 Å². The highest BCUT2D eigenvalue weighted by Crippen LogP contribution is 2.27. The molecule has 2 rings (SSSR count). The van der Waals surface area contributed by atoms with E-state index in [1.807, 2.05) is 31.2 Å². The van der Waals surface area contributed by atoms with Crippen molar-refractivity contribution in [3.63, 3.8) is 0 Å². The smallest absolute Gasteiger partial charge is 0.260 e. The predicted molar refractivity (Wildman–Crippen MR) is 65.5 cm³/mol. The standard InChI is InChI=1S/C12H12N2OS/c1-7-4-3-5-9(6-7)12-14-8(2)10(16-12)11(13)15/h3-6H,1-2H3,(H2,13,15). The predicted octanol–water partition coefficient (Wildman–Crippen LogP) is 2.53. The molecule has 0 aliphatic rings. The average Bonchev–Trinajstić information content (AvgIpc) is 2.60. The summed E-state index contributed by atoms with van der Waals surface area (Å²) in [5, 5.41) is 0.843. The molecule has 16 heavy (non-hydrogen) atoms. The van der Waals surface area contributed by atoms with E-state index in [4.69, 9.17) is 5.73 Å². The highest BCUT2D eigenvalue weighted by atomic mass is 32.1. The van der Waals surface area contributed by atoms with E-state index in [2.05, 4.69) is 4.98 Å². The fourth-order valence-corrected chi connectivity index (χ4v) is 2.44. The molecule has 82 valence electrons. The first kappa shape index (κ1) is 10.8. The van der Waals surface area contributed by atoms with Crippen LogP contribution in [0.4, 0.5) is 0 Å². The van der Waals surface area contributed by atoms with Gasteiger partial charge in [-0.15, -0.1) is 11.3 Å². The Morgan fingerprint density at radius 1 is 1.38 bits per heavy atom. The molecule has 0 spiro atoms.